The van der Waals surface area contributed by atoms with Crippen LogP contribution in [0.2, 0.25) is 0 Å². The van der Waals surface area contributed by atoms with Gasteiger partial charge in [-0.1, -0.05) is 0 Å². The number of hydrogen-bond acceptors (Lipinski definition) is 4. The van der Waals surface area contributed by atoms with E-state index < -0.39 is 11.2 Å². The summed E-state index contributed by atoms with van der Waals surface area (Å²) in [4.78, 5) is 28.6. The standard InChI is InChI=1S/C18H32N2O4/c1-17(2,3)23-15(21)19-11-7-9-13(19)14-10-8-12-20(14)16(22)24-18(4,5)6/h13-14H,7-12H2,1-6H3/t13-,14?/m1/s1. The fourth-order valence-corrected chi connectivity index (χ4v) is 3.48. The highest BCUT2D eigenvalue weighted by Crippen LogP contribution is 2.32. The molecule has 0 aromatic heterocycles. The maximum Gasteiger partial charge on any atom is 0.410 e. The molecule has 0 aromatic carbocycles. The second kappa shape index (κ2) is 6.81. The molecule has 2 aliphatic heterocycles. The van der Waals surface area contributed by atoms with E-state index in [1.807, 2.05) is 41.5 Å². The number of ether oxygens (including phenoxy) is 2. The van der Waals surface area contributed by atoms with Gasteiger partial charge in [0, 0.05) is 13.1 Å². The lowest BCUT2D eigenvalue weighted by Crippen LogP contribution is -2.51. The average Bonchev–Trinajstić information content (AvgIpc) is 3.03. The van der Waals surface area contributed by atoms with Crippen molar-refractivity contribution in [3.63, 3.8) is 0 Å². The van der Waals surface area contributed by atoms with Crippen molar-refractivity contribution in [3.05, 3.63) is 0 Å². The molecule has 2 aliphatic rings. The molecule has 0 N–H and O–H groups in total. The van der Waals surface area contributed by atoms with Gasteiger partial charge in [-0.2, -0.15) is 0 Å². The van der Waals surface area contributed by atoms with Gasteiger partial charge in [-0.05, 0) is 67.2 Å². The third kappa shape index (κ3) is 4.77. The summed E-state index contributed by atoms with van der Waals surface area (Å²) < 4.78 is 11.1. The zero-order chi connectivity index (χ0) is 18.1. The topological polar surface area (TPSA) is 59.1 Å². The van der Waals surface area contributed by atoms with Gasteiger partial charge in [0.05, 0.1) is 12.1 Å². The van der Waals surface area contributed by atoms with Crippen molar-refractivity contribution in [2.75, 3.05) is 13.1 Å². The van der Waals surface area contributed by atoms with Crippen LogP contribution in [0.1, 0.15) is 67.2 Å². The van der Waals surface area contributed by atoms with E-state index in [9.17, 15) is 9.59 Å². The highest BCUT2D eigenvalue weighted by atomic mass is 16.6. The van der Waals surface area contributed by atoms with Crippen molar-refractivity contribution in [1.29, 1.82) is 0 Å². The number of rotatable bonds is 1. The summed E-state index contributed by atoms with van der Waals surface area (Å²) in [5.41, 5.74) is -1.02. The molecule has 6 nitrogen and oxygen atoms in total. The lowest BCUT2D eigenvalue weighted by molar-refractivity contribution is 0.00230. The largest absolute Gasteiger partial charge is 0.444 e. The van der Waals surface area contributed by atoms with Crippen molar-refractivity contribution < 1.29 is 19.1 Å². The summed E-state index contributed by atoms with van der Waals surface area (Å²) in [7, 11) is 0. The van der Waals surface area contributed by atoms with Crippen LogP contribution in [0.5, 0.6) is 0 Å². The molecule has 2 heterocycles. The van der Waals surface area contributed by atoms with Crippen LogP contribution in [0.4, 0.5) is 9.59 Å². The summed E-state index contributed by atoms with van der Waals surface area (Å²) in [5, 5.41) is 0. The Morgan fingerprint density at radius 1 is 0.750 bits per heavy atom. The summed E-state index contributed by atoms with van der Waals surface area (Å²) in [6, 6.07) is 0.0461. The van der Waals surface area contributed by atoms with Gasteiger partial charge in [-0.15, -0.1) is 0 Å². The minimum atomic E-state index is -0.509. The normalized spacial score (nSPS) is 25.1. The first-order valence-electron chi connectivity index (χ1n) is 8.97. The zero-order valence-corrected chi connectivity index (χ0v) is 15.9. The Morgan fingerprint density at radius 3 is 1.38 bits per heavy atom. The van der Waals surface area contributed by atoms with Gasteiger partial charge < -0.3 is 19.3 Å². The van der Waals surface area contributed by atoms with Crippen LogP contribution in [0.15, 0.2) is 0 Å². The van der Waals surface area contributed by atoms with Crippen molar-refractivity contribution >= 4 is 12.2 Å². The maximum atomic E-state index is 12.5. The van der Waals surface area contributed by atoms with E-state index in [0.717, 1.165) is 25.7 Å². The Hall–Kier alpha value is -1.46. The first kappa shape index (κ1) is 18.9. The predicted molar refractivity (Wildman–Crippen MR) is 91.9 cm³/mol. The number of carbonyl (C=O) groups excluding carboxylic acids is 2. The van der Waals surface area contributed by atoms with Gasteiger partial charge in [0.2, 0.25) is 0 Å². The van der Waals surface area contributed by atoms with Crippen LogP contribution >= 0.6 is 0 Å². The van der Waals surface area contributed by atoms with Crippen molar-refractivity contribution in [3.8, 4) is 0 Å². The van der Waals surface area contributed by atoms with Crippen LogP contribution in [0.25, 0.3) is 0 Å². The molecule has 24 heavy (non-hydrogen) atoms. The molecule has 0 saturated carbocycles. The van der Waals surface area contributed by atoms with E-state index in [4.69, 9.17) is 9.47 Å². The van der Waals surface area contributed by atoms with Gasteiger partial charge in [-0.25, -0.2) is 9.59 Å². The Balaban J connectivity index is 2.07. The quantitative estimate of drug-likeness (QED) is 0.729. The molecule has 0 spiro atoms. The molecule has 6 heteroatoms. The lowest BCUT2D eigenvalue weighted by atomic mass is 10.0. The van der Waals surface area contributed by atoms with Crippen LogP contribution in [0, 0.1) is 0 Å². The number of nitrogens with zero attached hydrogens (tertiary/aromatic N) is 2. The SMILES string of the molecule is CC(C)(C)OC(=O)N1CCCC1[C@H]1CCCN1C(=O)OC(C)(C)C. The molecule has 138 valence electrons. The lowest BCUT2D eigenvalue weighted by Gasteiger charge is -2.36. The number of amides is 2. The molecule has 2 fully saturated rings. The molecular weight excluding hydrogens is 308 g/mol. The highest BCUT2D eigenvalue weighted by molar-refractivity contribution is 5.71. The molecule has 2 atom stereocenters. The van der Waals surface area contributed by atoms with Gasteiger partial charge in [0.15, 0.2) is 0 Å². The zero-order valence-electron chi connectivity index (χ0n) is 15.9. The molecule has 0 radical (unpaired) electrons. The van der Waals surface area contributed by atoms with Crippen LogP contribution in [0.3, 0.4) is 0 Å². The van der Waals surface area contributed by atoms with Crippen LogP contribution in [-0.4, -0.2) is 58.4 Å². The monoisotopic (exact) mass is 340 g/mol. The molecule has 1 unspecified atom stereocenters. The van der Waals surface area contributed by atoms with E-state index in [0.29, 0.717) is 13.1 Å². The summed E-state index contributed by atoms with van der Waals surface area (Å²) in [5.74, 6) is 0. The fraction of sp³-hybridized carbons (Fsp3) is 0.889. The number of hydrogen-bond donors (Lipinski definition) is 0. The Labute approximate surface area is 145 Å². The second-order valence-corrected chi connectivity index (χ2v) is 8.77. The van der Waals surface area contributed by atoms with Gasteiger partial charge in [0.25, 0.3) is 0 Å². The van der Waals surface area contributed by atoms with Crippen molar-refractivity contribution in [1.82, 2.24) is 9.80 Å². The molecule has 0 aromatic rings. The molecular formula is C18H32N2O4. The van der Waals surface area contributed by atoms with Crippen molar-refractivity contribution in [2.24, 2.45) is 0 Å². The Kier molecular flexibility index (Phi) is 5.35. The second-order valence-electron chi connectivity index (χ2n) is 8.77. The molecule has 0 bridgehead atoms. The van der Waals surface area contributed by atoms with Crippen LogP contribution < -0.4 is 0 Å². The molecule has 0 aliphatic carbocycles. The smallest absolute Gasteiger partial charge is 0.410 e. The maximum absolute atomic E-state index is 12.5. The van der Waals surface area contributed by atoms with Crippen LogP contribution in [-0.2, 0) is 9.47 Å². The summed E-state index contributed by atoms with van der Waals surface area (Å²) >= 11 is 0. The average molecular weight is 340 g/mol. The van der Waals surface area contributed by atoms with E-state index in [-0.39, 0.29) is 24.3 Å². The Bertz CT molecular complexity index is 434. The van der Waals surface area contributed by atoms with Gasteiger partial charge in [0.1, 0.15) is 11.2 Å². The molecule has 2 rings (SSSR count). The fourth-order valence-electron chi connectivity index (χ4n) is 3.48. The highest BCUT2D eigenvalue weighted by Gasteiger charge is 2.43. The number of likely N-dealkylation sites (tertiary alicyclic amines) is 2. The summed E-state index contributed by atoms with van der Waals surface area (Å²) in [6.07, 6.45) is 3.15. The first-order valence-corrected chi connectivity index (χ1v) is 8.97. The third-order valence-electron chi connectivity index (χ3n) is 4.30. The minimum absolute atomic E-state index is 0.0230. The number of carbonyl (C=O) groups is 2. The van der Waals surface area contributed by atoms with E-state index in [2.05, 4.69) is 0 Å². The third-order valence-corrected chi connectivity index (χ3v) is 4.30. The van der Waals surface area contributed by atoms with E-state index in [1.54, 1.807) is 9.80 Å². The molecule has 2 amide bonds. The van der Waals surface area contributed by atoms with E-state index >= 15 is 0 Å². The van der Waals surface area contributed by atoms with Gasteiger partial charge in [-0.3, -0.25) is 0 Å². The predicted octanol–water partition coefficient (Wildman–Crippen LogP) is 3.79. The minimum Gasteiger partial charge on any atom is -0.444 e. The first-order chi connectivity index (χ1) is 11.0. The Morgan fingerprint density at radius 2 is 1.08 bits per heavy atom. The summed E-state index contributed by atoms with van der Waals surface area (Å²) in [6.45, 7) is 12.6. The van der Waals surface area contributed by atoms with Crippen molar-refractivity contribution in [2.45, 2.75) is 90.5 Å². The molecule has 2 saturated heterocycles. The van der Waals surface area contributed by atoms with E-state index in [1.165, 1.54) is 0 Å². The van der Waals surface area contributed by atoms with Gasteiger partial charge >= 0.3 is 12.2 Å².